The van der Waals surface area contributed by atoms with Gasteiger partial charge < -0.3 is 15.5 Å². The lowest BCUT2D eigenvalue weighted by molar-refractivity contribution is -0.123. The van der Waals surface area contributed by atoms with E-state index in [1.165, 1.54) is 128 Å². The largest absolute Gasteiger partial charge is 0.394 e. The zero-order valence-corrected chi connectivity index (χ0v) is 38.0. The number of hydrogen-bond acceptors (Lipinski definition) is 3. The number of hydrogen-bond donors (Lipinski definition) is 3. The Morgan fingerprint density at radius 1 is 0.431 bits per heavy atom. The van der Waals surface area contributed by atoms with Crippen molar-refractivity contribution in [3.63, 3.8) is 0 Å². The zero-order chi connectivity index (χ0) is 42.1. The number of carbonyl (C=O) groups excluding carboxylic acids is 1. The van der Waals surface area contributed by atoms with Crippen molar-refractivity contribution in [2.75, 3.05) is 6.61 Å². The molecule has 0 aliphatic carbocycles. The quantitative estimate of drug-likeness (QED) is 0.0425. The van der Waals surface area contributed by atoms with Crippen LogP contribution in [0.4, 0.5) is 0 Å². The minimum Gasteiger partial charge on any atom is -0.394 e. The van der Waals surface area contributed by atoms with Crippen LogP contribution in [0.3, 0.4) is 0 Å². The molecule has 0 bridgehead atoms. The summed E-state index contributed by atoms with van der Waals surface area (Å²) in [5.41, 5.74) is 0. The Hall–Kier alpha value is -2.69. The van der Waals surface area contributed by atoms with Gasteiger partial charge in [-0.2, -0.15) is 0 Å². The molecule has 2 unspecified atom stereocenters. The van der Waals surface area contributed by atoms with E-state index in [0.717, 1.165) is 70.6 Å². The Bertz CT molecular complexity index is 1090. The maximum Gasteiger partial charge on any atom is 0.220 e. The van der Waals surface area contributed by atoms with Gasteiger partial charge in [-0.3, -0.25) is 4.79 Å². The first-order valence-corrected chi connectivity index (χ1v) is 24.5. The van der Waals surface area contributed by atoms with Gasteiger partial charge in [0.05, 0.1) is 18.8 Å². The van der Waals surface area contributed by atoms with Crippen LogP contribution in [-0.4, -0.2) is 34.9 Å². The molecule has 1 amide bonds. The summed E-state index contributed by atoms with van der Waals surface area (Å²) >= 11 is 0. The van der Waals surface area contributed by atoms with E-state index in [1.54, 1.807) is 6.08 Å². The van der Waals surface area contributed by atoms with Crippen molar-refractivity contribution in [1.29, 1.82) is 0 Å². The predicted octanol–water partition coefficient (Wildman–Crippen LogP) is 15.8. The lowest BCUT2D eigenvalue weighted by Crippen LogP contribution is -2.45. The average Bonchev–Trinajstić information content (AvgIpc) is 3.23. The first-order valence-electron chi connectivity index (χ1n) is 24.5. The molecule has 0 saturated carbocycles. The summed E-state index contributed by atoms with van der Waals surface area (Å²) in [5, 5.41) is 23.1. The number of allylic oxidation sites excluding steroid dienone is 15. The van der Waals surface area contributed by atoms with Gasteiger partial charge in [0.1, 0.15) is 0 Å². The molecule has 0 aliphatic rings. The summed E-state index contributed by atoms with van der Waals surface area (Å²) in [6.45, 7) is 4.19. The van der Waals surface area contributed by atoms with E-state index >= 15 is 0 Å². The molecule has 0 rings (SSSR count). The molecule has 58 heavy (non-hydrogen) atoms. The second kappa shape index (κ2) is 48.7. The molecule has 0 radical (unpaired) electrons. The maximum atomic E-state index is 12.4. The molecule has 0 spiro atoms. The first kappa shape index (κ1) is 55.3. The molecule has 0 aromatic rings. The number of rotatable bonds is 43. The third-order valence-corrected chi connectivity index (χ3v) is 10.6. The van der Waals surface area contributed by atoms with Gasteiger partial charge in [-0.15, -0.1) is 0 Å². The molecule has 332 valence electrons. The fourth-order valence-corrected chi connectivity index (χ4v) is 6.86. The van der Waals surface area contributed by atoms with E-state index in [9.17, 15) is 15.0 Å². The normalized spacial score (nSPS) is 13.8. The summed E-state index contributed by atoms with van der Waals surface area (Å²) < 4.78 is 0. The molecular weight excluding hydrogens is 711 g/mol. The van der Waals surface area contributed by atoms with Crippen LogP contribution in [0.25, 0.3) is 0 Å². The monoisotopic (exact) mass is 804 g/mol. The fraction of sp³-hybridized carbons (Fsp3) is 0.685. The second-order valence-corrected chi connectivity index (χ2v) is 16.1. The van der Waals surface area contributed by atoms with Gasteiger partial charge in [0.15, 0.2) is 0 Å². The van der Waals surface area contributed by atoms with Crippen molar-refractivity contribution in [3.05, 3.63) is 97.2 Å². The van der Waals surface area contributed by atoms with Crippen LogP contribution in [0.15, 0.2) is 97.2 Å². The third-order valence-electron chi connectivity index (χ3n) is 10.6. The van der Waals surface area contributed by atoms with E-state index in [1.807, 2.05) is 6.08 Å². The smallest absolute Gasteiger partial charge is 0.220 e. The van der Waals surface area contributed by atoms with Gasteiger partial charge in [-0.25, -0.2) is 0 Å². The van der Waals surface area contributed by atoms with E-state index in [2.05, 4.69) is 104 Å². The van der Waals surface area contributed by atoms with Crippen LogP contribution in [0.2, 0.25) is 0 Å². The Balaban J connectivity index is 3.61. The molecule has 4 nitrogen and oxygen atoms in total. The molecule has 3 N–H and O–H groups in total. The van der Waals surface area contributed by atoms with Crippen molar-refractivity contribution < 1.29 is 15.0 Å². The van der Waals surface area contributed by atoms with Gasteiger partial charge >= 0.3 is 0 Å². The van der Waals surface area contributed by atoms with Crippen LogP contribution >= 0.6 is 0 Å². The standard InChI is InChI=1S/C54H93NO3/c1-3-5-7-9-11-13-15-17-19-20-21-22-23-24-25-26-27-28-29-30-31-32-33-34-36-38-40-42-44-46-48-50-54(58)55-52(51-56)53(57)49-47-45-43-41-39-37-35-18-16-14-12-10-8-6-4-2/h5,7,11,13,17,19,21-22,24-25,27-28,30-31,47,49,52-53,56-57H,3-4,6,8-10,12,14-16,18,20,23,26,29,32-46,48,50-51H2,1-2H3,(H,55,58)/b7-5-,13-11-,19-17-,22-21-,25-24-,28-27-,31-30-,49-47+. The highest BCUT2D eigenvalue weighted by Gasteiger charge is 2.17. The van der Waals surface area contributed by atoms with Crippen LogP contribution < -0.4 is 5.32 Å². The van der Waals surface area contributed by atoms with Crippen molar-refractivity contribution in [2.24, 2.45) is 0 Å². The molecule has 2 atom stereocenters. The third kappa shape index (κ3) is 44.4. The predicted molar refractivity (Wildman–Crippen MR) is 257 cm³/mol. The number of aliphatic hydroxyl groups is 2. The lowest BCUT2D eigenvalue weighted by atomic mass is 10.0. The van der Waals surface area contributed by atoms with Gasteiger partial charge in [-0.1, -0.05) is 233 Å². The van der Waals surface area contributed by atoms with Gasteiger partial charge in [0, 0.05) is 6.42 Å². The van der Waals surface area contributed by atoms with Crippen molar-refractivity contribution in [2.45, 2.75) is 231 Å². The van der Waals surface area contributed by atoms with Crippen LogP contribution in [-0.2, 0) is 4.79 Å². The van der Waals surface area contributed by atoms with E-state index in [4.69, 9.17) is 0 Å². The van der Waals surface area contributed by atoms with Gasteiger partial charge in [0.2, 0.25) is 5.91 Å². The van der Waals surface area contributed by atoms with Crippen molar-refractivity contribution >= 4 is 5.91 Å². The molecule has 0 fully saturated rings. The highest BCUT2D eigenvalue weighted by atomic mass is 16.3. The highest BCUT2D eigenvalue weighted by molar-refractivity contribution is 5.76. The number of nitrogens with one attached hydrogen (secondary N) is 1. The summed E-state index contributed by atoms with van der Waals surface area (Å²) in [7, 11) is 0. The van der Waals surface area contributed by atoms with E-state index in [0.29, 0.717) is 6.42 Å². The number of unbranched alkanes of at least 4 members (excludes halogenated alkanes) is 22. The minimum atomic E-state index is -0.847. The van der Waals surface area contributed by atoms with Crippen LogP contribution in [0, 0.1) is 0 Å². The highest BCUT2D eigenvalue weighted by Crippen LogP contribution is 2.14. The fourth-order valence-electron chi connectivity index (χ4n) is 6.86. The summed E-state index contributed by atoms with van der Waals surface area (Å²) in [5.74, 6) is -0.0746. The Morgan fingerprint density at radius 3 is 1.14 bits per heavy atom. The Morgan fingerprint density at radius 2 is 0.759 bits per heavy atom. The Kier molecular flexibility index (Phi) is 46.4. The van der Waals surface area contributed by atoms with Crippen LogP contribution in [0.1, 0.15) is 219 Å². The topological polar surface area (TPSA) is 69.6 Å². The number of carbonyl (C=O) groups is 1. The molecule has 0 aromatic carbocycles. The summed E-state index contributed by atoms with van der Waals surface area (Å²) in [4.78, 5) is 12.4. The molecular formula is C54H93NO3. The van der Waals surface area contributed by atoms with Crippen LogP contribution in [0.5, 0.6) is 0 Å². The minimum absolute atomic E-state index is 0.0746. The number of aliphatic hydroxyl groups excluding tert-OH is 2. The lowest BCUT2D eigenvalue weighted by Gasteiger charge is -2.20. The zero-order valence-electron chi connectivity index (χ0n) is 38.0. The summed E-state index contributed by atoms with van der Waals surface area (Å²) in [6.07, 6.45) is 72.4. The van der Waals surface area contributed by atoms with E-state index in [-0.39, 0.29) is 12.5 Å². The maximum absolute atomic E-state index is 12.4. The number of amides is 1. The van der Waals surface area contributed by atoms with Crippen molar-refractivity contribution in [3.8, 4) is 0 Å². The Labute approximate surface area is 360 Å². The van der Waals surface area contributed by atoms with E-state index < -0.39 is 12.1 Å². The van der Waals surface area contributed by atoms with Gasteiger partial charge in [-0.05, 0) is 77.0 Å². The average molecular weight is 804 g/mol. The molecule has 4 heteroatoms. The molecule has 0 saturated heterocycles. The summed E-state index contributed by atoms with van der Waals surface area (Å²) in [6, 6.07) is -0.631. The SMILES string of the molecule is CC/C=C\C/C=C\C/C=C\C/C=C\C/C=C\C/C=C\C/C=C\CCCCCCCCCCCC(=O)NC(CO)C(O)/C=C/CCCCCCCCCCCCCCC. The second-order valence-electron chi connectivity index (χ2n) is 16.1. The first-order chi connectivity index (χ1) is 28.7. The molecule has 0 aliphatic heterocycles. The van der Waals surface area contributed by atoms with Crippen molar-refractivity contribution in [1.82, 2.24) is 5.32 Å². The van der Waals surface area contributed by atoms with Gasteiger partial charge in [0.25, 0.3) is 0 Å². The molecule has 0 aromatic heterocycles. The molecule has 0 heterocycles.